The van der Waals surface area contributed by atoms with E-state index in [1.807, 2.05) is 18.0 Å². The summed E-state index contributed by atoms with van der Waals surface area (Å²) in [4.78, 5) is 14.3. The van der Waals surface area contributed by atoms with Crippen LogP contribution in [0.3, 0.4) is 0 Å². The maximum absolute atomic E-state index is 12.4. The minimum Gasteiger partial charge on any atom is -0.508 e. The largest absolute Gasteiger partial charge is 0.508 e. The van der Waals surface area contributed by atoms with Crippen molar-refractivity contribution in [3.63, 3.8) is 0 Å². The lowest BCUT2D eigenvalue weighted by atomic mass is 9.90. The first-order valence-corrected chi connectivity index (χ1v) is 7.87. The Balaban J connectivity index is 1.85. The Hall–Kier alpha value is -1.55. The normalized spacial score (nSPS) is 22.0. The molecule has 0 saturated heterocycles. The van der Waals surface area contributed by atoms with Crippen molar-refractivity contribution in [2.75, 3.05) is 13.6 Å². The average Bonchev–Trinajstić information content (AvgIpc) is 2.47. The zero-order valence-corrected chi connectivity index (χ0v) is 13.0. The number of likely N-dealkylation sites (N-methyl/N-ethyl adjacent to an activating group) is 1. The standard InChI is InChI=1S/C17H26N2O2/c1-3-18-14-7-9-15(10-8-14)19(2)17(21)12-13-5-4-6-16(20)11-13/h4-6,11,14-15,18,20H,3,7-10,12H2,1-2H3. The minimum absolute atomic E-state index is 0.132. The Labute approximate surface area is 127 Å². The van der Waals surface area contributed by atoms with Gasteiger partial charge in [-0.15, -0.1) is 0 Å². The molecule has 4 heteroatoms. The number of carbonyl (C=O) groups excluding carboxylic acids is 1. The first-order valence-electron chi connectivity index (χ1n) is 7.87. The number of amides is 1. The first-order chi connectivity index (χ1) is 10.1. The highest BCUT2D eigenvalue weighted by Crippen LogP contribution is 2.23. The predicted octanol–water partition coefficient (Wildman–Crippen LogP) is 2.31. The summed E-state index contributed by atoms with van der Waals surface area (Å²) < 4.78 is 0. The van der Waals surface area contributed by atoms with Gasteiger partial charge in [0.2, 0.25) is 5.91 Å². The maximum Gasteiger partial charge on any atom is 0.226 e. The number of phenols is 1. The fourth-order valence-electron chi connectivity index (χ4n) is 3.13. The molecule has 0 atom stereocenters. The highest BCUT2D eigenvalue weighted by molar-refractivity contribution is 5.79. The summed E-state index contributed by atoms with van der Waals surface area (Å²) in [7, 11) is 1.91. The van der Waals surface area contributed by atoms with Gasteiger partial charge in [0, 0.05) is 19.1 Å². The monoisotopic (exact) mass is 290 g/mol. The molecule has 0 bridgehead atoms. The minimum atomic E-state index is 0.132. The van der Waals surface area contributed by atoms with Crippen LogP contribution in [0.15, 0.2) is 24.3 Å². The number of rotatable bonds is 5. The van der Waals surface area contributed by atoms with Gasteiger partial charge in [-0.25, -0.2) is 0 Å². The molecule has 0 unspecified atom stereocenters. The number of nitrogens with one attached hydrogen (secondary N) is 1. The summed E-state index contributed by atoms with van der Waals surface area (Å²) in [6.07, 6.45) is 4.78. The molecular weight excluding hydrogens is 264 g/mol. The van der Waals surface area contributed by atoms with E-state index in [1.54, 1.807) is 18.2 Å². The van der Waals surface area contributed by atoms with Crippen molar-refractivity contribution in [3.8, 4) is 5.75 Å². The molecule has 2 rings (SSSR count). The molecular formula is C17H26N2O2. The van der Waals surface area contributed by atoms with Crippen LogP contribution in [0.1, 0.15) is 38.2 Å². The van der Waals surface area contributed by atoms with E-state index in [9.17, 15) is 9.90 Å². The molecule has 1 aliphatic carbocycles. The van der Waals surface area contributed by atoms with Crippen LogP contribution >= 0.6 is 0 Å². The molecule has 0 aromatic heterocycles. The molecule has 1 saturated carbocycles. The summed E-state index contributed by atoms with van der Waals surface area (Å²) in [5.74, 6) is 0.349. The SMILES string of the molecule is CCNC1CCC(N(C)C(=O)Cc2cccc(O)c2)CC1. The van der Waals surface area contributed by atoms with Gasteiger partial charge in [0.1, 0.15) is 5.75 Å². The molecule has 1 aromatic carbocycles. The molecule has 1 aliphatic rings. The summed E-state index contributed by atoms with van der Waals surface area (Å²) in [6, 6.07) is 7.91. The Morgan fingerprint density at radius 3 is 2.67 bits per heavy atom. The number of aromatic hydroxyl groups is 1. The van der Waals surface area contributed by atoms with Crippen LogP contribution in [0.4, 0.5) is 0 Å². The van der Waals surface area contributed by atoms with Crippen LogP contribution < -0.4 is 5.32 Å². The van der Waals surface area contributed by atoms with Crippen molar-refractivity contribution in [1.29, 1.82) is 0 Å². The van der Waals surface area contributed by atoms with Crippen molar-refractivity contribution in [2.24, 2.45) is 0 Å². The highest BCUT2D eigenvalue weighted by Gasteiger charge is 2.26. The van der Waals surface area contributed by atoms with Gasteiger partial charge in [0.25, 0.3) is 0 Å². The van der Waals surface area contributed by atoms with E-state index in [0.717, 1.165) is 37.8 Å². The smallest absolute Gasteiger partial charge is 0.226 e. The van der Waals surface area contributed by atoms with Crippen molar-refractivity contribution >= 4 is 5.91 Å². The molecule has 116 valence electrons. The Morgan fingerprint density at radius 2 is 2.05 bits per heavy atom. The molecule has 2 N–H and O–H groups in total. The first kappa shape index (κ1) is 15.8. The Kier molecular flexibility index (Phi) is 5.62. The molecule has 1 amide bonds. The molecule has 0 radical (unpaired) electrons. The van der Waals surface area contributed by atoms with E-state index in [4.69, 9.17) is 0 Å². The summed E-state index contributed by atoms with van der Waals surface area (Å²) in [5.41, 5.74) is 0.869. The Morgan fingerprint density at radius 1 is 1.33 bits per heavy atom. The number of carbonyl (C=O) groups is 1. The van der Waals surface area contributed by atoms with E-state index in [1.165, 1.54) is 0 Å². The van der Waals surface area contributed by atoms with E-state index in [2.05, 4.69) is 12.2 Å². The third-order valence-corrected chi connectivity index (χ3v) is 4.40. The second-order valence-corrected chi connectivity index (χ2v) is 5.91. The molecule has 4 nitrogen and oxygen atoms in total. The van der Waals surface area contributed by atoms with Crippen molar-refractivity contribution < 1.29 is 9.90 Å². The molecule has 0 heterocycles. The molecule has 1 fully saturated rings. The van der Waals surface area contributed by atoms with E-state index >= 15 is 0 Å². The number of nitrogens with zero attached hydrogens (tertiary/aromatic N) is 1. The lowest BCUT2D eigenvalue weighted by Crippen LogP contribution is -2.43. The van der Waals surface area contributed by atoms with Crippen molar-refractivity contribution in [1.82, 2.24) is 10.2 Å². The number of phenolic OH excluding ortho intramolecular Hbond substituents is 1. The van der Waals surface area contributed by atoms with Gasteiger partial charge in [-0.2, -0.15) is 0 Å². The zero-order valence-electron chi connectivity index (χ0n) is 13.0. The van der Waals surface area contributed by atoms with E-state index < -0.39 is 0 Å². The lowest BCUT2D eigenvalue weighted by molar-refractivity contribution is -0.131. The van der Waals surface area contributed by atoms with Crippen LogP contribution in [-0.4, -0.2) is 41.6 Å². The van der Waals surface area contributed by atoms with Crippen LogP contribution in [0.2, 0.25) is 0 Å². The topological polar surface area (TPSA) is 52.6 Å². The molecule has 21 heavy (non-hydrogen) atoms. The third-order valence-electron chi connectivity index (χ3n) is 4.40. The van der Waals surface area contributed by atoms with Gasteiger partial charge in [0.05, 0.1) is 6.42 Å². The highest BCUT2D eigenvalue weighted by atomic mass is 16.3. The molecule has 1 aromatic rings. The second kappa shape index (κ2) is 7.46. The predicted molar refractivity (Wildman–Crippen MR) is 84.3 cm³/mol. The number of hydrogen-bond acceptors (Lipinski definition) is 3. The van der Waals surface area contributed by atoms with Crippen molar-refractivity contribution in [2.45, 2.75) is 51.1 Å². The fraction of sp³-hybridized carbons (Fsp3) is 0.588. The molecule has 0 spiro atoms. The van der Waals surface area contributed by atoms with Crippen LogP contribution in [0, 0.1) is 0 Å². The zero-order chi connectivity index (χ0) is 15.2. The van der Waals surface area contributed by atoms with E-state index in [0.29, 0.717) is 18.5 Å². The second-order valence-electron chi connectivity index (χ2n) is 5.91. The van der Waals surface area contributed by atoms with Gasteiger partial charge in [-0.1, -0.05) is 19.1 Å². The fourth-order valence-corrected chi connectivity index (χ4v) is 3.13. The summed E-state index contributed by atoms with van der Waals surface area (Å²) in [5, 5.41) is 12.9. The summed E-state index contributed by atoms with van der Waals surface area (Å²) >= 11 is 0. The quantitative estimate of drug-likeness (QED) is 0.875. The summed E-state index contributed by atoms with van der Waals surface area (Å²) in [6.45, 7) is 3.15. The van der Waals surface area contributed by atoms with Crippen LogP contribution in [0.5, 0.6) is 5.75 Å². The van der Waals surface area contributed by atoms with Gasteiger partial charge in [-0.05, 0) is 49.9 Å². The number of hydrogen-bond donors (Lipinski definition) is 2. The number of benzene rings is 1. The van der Waals surface area contributed by atoms with Gasteiger partial charge < -0.3 is 15.3 Å². The van der Waals surface area contributed by atoms with Crippen LogP contribution in [0.25, 0.3) is 0 Å². The van der Waals surface area contributed by atoms with E-state index in [-0.39, 0.29) is 11.7 Å². The van der Waals surface area contributed by atoms with Gasteiger partial charge >= 0.3 is 0 Å². The maximum atomic E-state index is 12.4. The van der Waals surface area contributed by atoms with Crippen molar-refractivity contribution in [3.05, 3.63) is 29.8 Å². The lowest BCUT2D eigenvalue weighted by Gasteiger charge is -2.35. The van der Waals surface area contributed by atoms with Gasteiger partial charge in [-0.3, -0.25) is 4.79 Å². The third kappa shape index (κ3) is 4.46. The van der Waals surface area contributed by atoms with Crippen LogP contribution in [-0.2, 0) is 11.2 Å². The Bertz CT molecular complexity index is 468. The molecule has 0 aliphatic heterocycles. The average molecular weight is 290 g/mol. The van der Waals surface area contributed by atoms with Gasteiger partial charge in [0.15, 0.2) is 0 Å².